The van der Waals surface area contributed by atoms with Crippen molar-refractivity contribution in [1.29, 1.82) is 0 Å². The van der Waals surface area contributed by atoms with Gasteiger partial charge in [0.15, 0.2) is 0 Å². The van der Waals surface area contributed by atoms with Crippen molar-refractivity contribution < 1.29 is 14.5 Å². The second-order valence-corrected chi connectivity index (χ2v) is 6.99. The molecule has 1 aromatic carbocycles. The van der Waals surface area contributed by atoms with E-state index in [2.05, 4.69) is 6.58 Å². The third-order valence-corrected chi connectivity index (χ3v) is 5.63. The van der Waals surface area contributed by atoms with Crippen LogP contribution in [0.1, 0.15) is 5.56 Å². The summed E-state index contributed by atoms with van der Waals surface area (Å²) >= 11 is 6.93. The van der Waals surface area contributed by atoms with Crippen LogP contribution in [-0.2, 0) is 16.1 Å². The maximum atomic E-state index is 12.1. The predicted octanol–water partition coefficient (Wildman–Crippen LogP) is 2.12. The minimum Gasteiger partial charge on any atom is -0.477 e. The summed E-state index contributed by atoms with van der Waals surface area (Å²) in [6, 6.07) is 5.49. The van der Waals surface area contributed by atoms with Crippen LogP contribution in [0.15, 0.2) is 48.2 Å². The smallest absolute Gasteiger partial charge is 0.269 e. The topological polar surface area (TPSA) is 98.7 Å². The minimum absolute atomic E-state index is 0.00953. The van der Waals surface area contributed by atoms with Crippen LogP contribution in [0, 0.1) is 10.1 Å². The first-order chi connectivity index (χ1) is 11.9. The van der Waals surface area contributed by atoms with Crippen molar-refractivity contribution in [3.8, 4) is 0 Å². The van der Waals surface area contributed by atoms with Gasteiger partial charge in [-0.05, 0) is 35.5 Å². The number of non-ortho nitro benzene ring substituents is 1. The molecule has 0 bridgehead atoms. The van der Waals surface area contributed by atoms with Crippen molar-refractivity contribution in [3.05, 3.63) is 63.9 Å². The SMILES string of the molecule is C=CC1=C(C(=S)OCc2ccc([N+](=O)[O-])cc2)N2C(=O)[C@@H](N)[C@H]2SC1. The highest BCUT2D eigenvalue weighted by Crippen LogP contribution is 2.40. The normalized spacial score (nSPS) is 22.1. The second kappa shape index (κ2) is 6.95. The molecule has 1 aromatic rings. The summed E-state index contributed by atoms with van der Waals surface area (Å²) in [5.74, 6) is 0.468. The molecule has 2 aliphatic rings. The van der Waals surface area contributed by atoms with Crippen LogP contribution in [0.25, 0.3) is 0 Å². The van der Waals surface area contributed by atoms with Crippen molar-refractivity contribution in [2.45, 2.75) is 18.0 Å². The zero-order chi connectivity index (χ0) is 18.1. The number of hydrogen-bond acceptors (Lipinski definition) is 7. The molecule has 1 saturated heterocycles. The zero-order valence-electron chi connectivity index (χ0n) is 13.1. The zero-order valence-corrected chi connectivity index (χ0v) is 14.7. The van der Waals surface area contributed by atoms with Gasteiger partial charge in [-0.1, -0.05) is 12.7 Å². The quantitative estimate of drug-likeness (QED) is 0.363. The number of β-lactam (4-membered cyclic amide) rings is 1. The molecule has 3 rings (SSSR count). The summed E-state index contributed by atoms with van der Waals surface area (Å²) in [4.78, 5) is 23.9. The van der Waals surface area contributed by atoms with Crippen LogP contribution < -0.4 is 5.73 Å². The van der Waals surface area contributed by atoms with E-state index in [0.29, 0.717) is 11.4 Å². The Kier molecular flexibility index (Phi) is 4.89. The van der Waals surface area contributed by atoms with Crippen LogP contribution in [0.5, 0.6) is 0 Å². The van der Waals surface area contributed by atoms with Gasteiger partial charge >= 0.3 is 0 Å². The highest BCUT2D eigenvalue weighted by atomic mass is 32.2. The van der Waals surface area contributed by atoms with Crippen LogP contribution in [0.2, 0.25) is 0 Å². The average molecular weight is 377 g/mol. The first kappa shape index (κ1) is 17.6. The van der Waals surface area contributed by atoms with Crippen molar-refractivity contribution in [1.82, 2.24) is 4.90 Å². The van der Waals surface area contributed by atoms with Crippen molar-refractivity contribution in [3.63, 3.8) is 0 Å². The highest BCUT2D eigenvalue weighted by Gasteiger charge is 2.50. The summed E-state index contributed by atoms with van der Waals surface area (Å²) < 4.78 is 5.65. The van der Waals surface area contributed by atoms with E-state index in [-0.39, 0.29) is 28.6 Å². The first-order valence-electron chi connectivity index (χ1n) is 7.40. The lowest BCUT2D eigenvalue weighted by Crippen LogP contribution is -2.68. The Hall–Kier alpha value is -2.23. The maximum Gasteiger partial charge on any atom is 0.269 e. The molecule has 7 nitrogen and oxygen atoms in total. The largest absolute Gasteiger partial charge is 0.477 e. The Morgan fingerprint density at radius 2 is 2.20 bits per heavy atom. The first-order valence-corrected chi connectivity index (χ1v) is 8.86. The lowest BCUT2D eigenvalue weighted by Gasteiger charge is -2.48. The minimum atomic E-state index is -0.524. The number of nitrogens with zero attached hydrogens (tertiary/aromatic N) is 2. The Morgan fingerprint density at radius 3 is 2.80 bits per heavy atom. The number of thioether (sulfide) groups is 1. The molecule has 0 aliphatic carbocycles. The van der Waals surface area contributed by atoms with E-state index in [1.54, 1.807) is 34.9 Å². The van der Waals surface area contributed by atoms with Gasteiger partial charge in [-0.15, -0.1) is 11.8 Å². The van der Waals surface area contributed by atoms with E-state index in [9.17, 15) is 14.9 Å². The molecule has 130 valence electrons. The number of nitrogens with two attached hydrogens (primary N) is 1. The number of thiocarbonyl (C=S) groups is 1. The lowest BCUT2D eigenvalue weighted by atomic mass is 10.0. The summed E-state index contributed by atoms with van der Waals surface area (Å²) in [5, 5.41) is 10.7. The Balaban J connectivity index is 1.73. The van der Waals surface area contributed by atoms with Gasteiger partial charge in [0.05, 0.1) is 4.92 Å². The molecule has 1 fully saturated rings. The molecule has 0 aromatic heterocycles. The Bertz CT molecular complexity index is 791. The fraction of sp³-hybridized carbons (Fsp3) is 0.250. The third kappa shape index (κ3) is 3.17. The average Bonchev–Trinajstić information content (AvgIpc) is 2.64. The molecule has 2 aliphatic heterocycles. The number of hydrogen-bond donors (Lipinski definition) is 1. The van der Waals surface area contributed by atoms with Gasteiger partial charge in [-0.3, -0.25) is 19.8 Å². The lowest BCUT2D eigenvalue weighted by molar-refractivity contribution is -0.384. The van der Waals surface area contributed by atoms with E-state index < -0.39 is 11.0 Å². The van der Waals surface area contributed by atoms with Gasteiger partial charge in [0, 0.05) is 17.9 Å². The number of carbonyl (C=O) groups is 1. The molecular weight excluding hydrogens is 362 g/mol. The molecule has 0 saturated carbocycles. The van der Waals surface area contributed by atoms with E-state index in [0.717, 1.165) is 11.1 Å². The molecular formula is C16H15N3O4S2. The summed E-state index contributed by atoms with van der Waals surface area (Å²) in [6.07, 6.45) is 1.66. The molecule has 2 atom stereocenters. The van der Waals surface area contributed by atoms with Crippen LogP contribution in [0.4, 0.5) is 5.69 Å². The number of amides is 1. The molecule has 0 spiro atoms. The Morgan fingerprint density at radius 1 is 1.52 bits per heavy atom. The third-order valence-electron chi connectivity index (χ3n) is 4.00. The van der Waals surface area contributed by atoms with Gasteiger partial charge in [0.1, 0.15) is 23.7 Å². The summed E-state index contributed by atoms with van der Waals surface area (Å²) in [7, 11) is 0. The van der Waals surface area contributed by atoms with Crippen LogP contribution in [0.3, 0.4) is 0 Å². The van der Waals surface area contributed by atoms with E-state index in [4.69, 9.17) is 22.7 Å². The summed E-state index contributed by atoms with van der Waals surface area (Å²) in [5.41, 5.74) is 7.95. The molecule has 2 heterocycles. The van der Waals surface area contributed by atoms with Crippen molar-refractivity contribution >= 4 is 40.6 Å². The number of rotatable bonds is 5. The van der Waals surface area contributed by atoms with Gasteiger partial charge in [-0.25, -0.2) is 0 Å². The fourth-order valence-corrected chi connectivity index (χ4v) is 4.19. The number of carbonyl (C=O) groups excluding carboxylic acids is 1. The molecule has 1 amide bonds. The second-order valence-electron chi connectivity index (χ2n) is 5.51. The number of benzene rings is 1. The highest BCUT2D eigenvalue weighted by molar-refractivity contribution is 8.00. The van der Waals surface area contributed by atoms with E-state index in [1.807, 2.05) is 0 Å². The van der Waals surface area contributed by atoms with Gasteiger partial charge in [-0.2, -0.15) is 0 Å². The Labute approximate surface area is 153 Å². The fourth-order valence-electron chi connectivity index (χ4n) is 2.62. The summed E-state index contributed by atoms with van der Waals surface area (Å²) in [6.45, 7) is 3.92. The van der Waals surface area contributed by atoms with Gasteiger partial charge < -0.3 is 10.5 Å². The monoisotopic (exact) mass is 377 g/mol. The van der Waals surface area contributed by atoms with Crippen LogP contribution in [-0.4, -0.2) is 37.9 Å². The number of nitro groups is 1. The maximum absolute atomic E-state index is 12.1. The number of allylic oxidation sites excluding steroid dienone is 1. The predicted molar refractivity (Wildman–Crippen MR) is 98.8 cm³/mol. The van der Waals surface area contributed by atoms with Gasteiger partial charge in [0.2, 0.25) is 11.0 Å². The standard InChI is InChI=1S/C16H15N3O4S2/c1-2-10-8-25-15-12(17)14(20)18(15)13(10)16(24)23-7-9-3-5-11(6-4-9)19(21)22/h2-6,12,15H,1,7-8,17H2/t12-,15-/m1/s1. The number of ether oxygens (including phenoxy) is 1. The molecule has 0 radical (unpaired) electrons. The van der Waals surface area contributed by atoms with Crippen molar-refractivity contribution in [2.75, 3.05) is 5.75 Å². The molecule has 9 heteroatoms. The molecule has 0 unspecified atom stereocenters. The molecule has 2 N–H and O–H groups in total. The van der Waals surface area contributed by atoms with E-state index in [1.165, 1.54) is 12.1 Å². The van der Waals surface area contributed by atoms with Gasteiger partial charge in [0.25, 0.3) is 5.69 Å². The van der Waals surface area contributed by atoms with E-state index >= 15 is 0 Å². The number of nitro benzene ring substituents is 1. The number of fused-ring (bicyclic) bond motifs is 1. The molecule has 25 heavy (non-hydrogen) atoms. The van der Waals surface area contributed by atoms with Crippen LogP contribution >= 0.6 is 24.0 Å². The van der Waals surface area contributed by atoms with Crippen molar-refractivity contribution in [2.24, 2.45) is 5.73 Å².